The molecule has 4 heteroatoms. The van der Waals surface area contributed by atoms with E-state index in [4.69, 9.17) is 11.6 Å². The highest BCUT2D eigenvalue weighted by Crippen LogP contribution is 2.34. The highest BCUT2D eigenvalue weighted by Gasteiger charge is 2.35. The molecule has 0 bridgehead atoms. The molecule has 0 saturated heterocycles. The lowest BCUT2D eigenvalue weighted by molar-refractivity contribution is 0.599. The summed E-state index contributed by atoms with van der Waals surface area (Å²) in [5.74, 6) is 0.912. The van der Waals surface area contributed by atoms with Crippen molar-refractivity contribution >= 4 is 24.0 Å². The molecule has 2 nitrogen and oxygen atoms in total. The van der Waals surface area contributed by atoms with Crippen LogP contribution in [0.25, 0.3) is 0 Å². The van der Waals surface area contributed by atoms with Gasteiger partial charge < -0.3 is 5.32 Å². The number of halogens is 2. The summed E-state index contributed by atoms with van der Waals surface area (Å²) < 4.78 is 0. The van der Waals surface area contributed by atoms with Crippen molar-refractivity contribution in [1.29, 1.82) is 0 Å². The molecule has 1 aliphatic carbocycles. The van der Waals surface area contributed by atoms with Gasteiger partial charge in [0.15, 0.2) is 0 Å². The van der Waals surface area contributed by atoms with E-state index in [2.05, 4.69) is 17.2 Å². The predicted octanol–water partition coefficient (Wildman–Crippen LogP) is 3.44. The summed E-state index contributed by atoms with van der Waals surface area (Å²) in [6.07, 6.45) is 5.84. The molecule has 1 fully saturated rings. The maximum absolute atomic E-state index is 5.72. The van der Waals surface area contributed by atoms with E-state index in [1.807, 2.05) is 18.3 Å². The molecular formula is C12H18Cl2N2. The molecule has 0 amide bonds. The van der Waals surface area contributed by atoms with Crippen LogP contribution in [0.3, 0.4) is 0 Å². The van der Waals surface area contributed by atoms with Crippen molar-refractivity contribution in [2.45, 2.75) is 38.8 Å². The summed E-state index contributed by atoms with van der Waals surface area (Å²) in [4.78, 5) is 4.06. The third-order valence-electron chi connectivity index (χ3n) is 2.94. The van der Waals surface area contributed by atoms with Gasteiger partial charge in [-0.05, 0) is 30.4 Å². The molecule has 2 atom stereocenters. The zero-order chi connectivity index (χ0) is 10.7. The lowest BCUT2D eigenvalue weighted by Gasteiger charge is -2.03. The van der Waals surface area contributed by atoms with E-state index in [0.717, 1.165) is 18.5 Å². The lowest BCUT2D eigenvalue weighted by Crippen LogP contribution is -2.17. The van der Waals surface area contributed by atoms with Crippen molar-refractivity contribution in [2.24, 2.45) is 5.92 Å². The van der Waals surface area contributed by atoms with Gasteiger partial charge in [0.1, 0.15) is 5.15 Å². The van der Waals surface area contributed by atoms with Crippen LogP contribution in [-0.4, -0.2) is 11.0 Å². The molecule has 0 aromatic carbocycles. The topological polar surface area (TPSA) is 24.9 Å². The zero-order valence-electron chi connectivity index (χ0n) is 9.45. The van der Waals surface area contributed by atoms with Crippen molar-refractivity contribution in [2.75, 3.05) is 0 Å². The van der Waals surface area contributed by atoms with Gasteiger partial charge in [-0.2, -0.15) is 0 Å². The molecule has 16 heavy (non-hydrogen) atoms. The molecule has 1 N–H and O–H groups in total. The van der Waals surface area contributed by atoms with E-state index < -0.39 is 0 Å². The van der Waals surface area contributed by atoms with Crippen LogP contribution in [0.4, 0.5) is 0 Å². The van der Waals surface area contributed by atoms with Crippen molar-refractivity contribution < 1.29 is 0 Å². The Morgan fingerprint density at radius 1 is 1.50 bits per heavy atom. The smallest absolute Gasteiger partial charge is 0.129 e. The highest BCUT2D eigenvalue weighted by atomic mass is 35.5. The standard InChI is InChI=1S/C12H17ClN2.ClH/c1-2-3-10-6-11(10)14-7-9-4-5-12(13)15-8-9;/h4-5,8,10-11,14H,2-3,6-7H2,1H3;1H. The number of aromatic nitrogens is 1. The van der Waals surface area contributed by atoms with Crippen LogP contribution in [0.5, 0.6) is 0 Å². The molecule has 90 valence electrons. The number of rotatable bonds is 5. The van der Waals surface area contributed by atoms with Crippen molar-refractivity contribution in [3.8, 4) is 0 Å². The SMILES string of the molecule is CCCC1CC1NCc1ccc(Cl)nc1.Cl. The minimum atomic E-state index is 0. The number of nitrogens with one attached hydrogen (secondary N) is 1. The molecule has 1 aromatic rings. The molecule has 1 aliphatic rings. The van der Waals surface area contributed by atoms with Gasteiger partial charge >= 0.3 is 0 Å². The third-order valence-corrected chi connectivity index (χ3v) is 3.16. The van der Waals surface area contributed by atoms with E-state index in [1.165, 1.54) is 24.8 Å². The lowest BCUT2D eigenvalue weighted by atomic mass is 10.2. The van der Waals surface area contributed by atoms with E-state index in [1.54, 1.807) is 0 Å². The maximum atomic E-state index is 5.72. The minimum absolute atomic E-state index is 0. The predicted molar refractivity (Wildman–Crippen MR) is 70.1 cm³/mol. The second-order valence-electron chi connectivity index (χ2n) is 4.26. The Hall–Kier alpha value is -0.310. The molecule has 2 rings (SSSR count). The van der Waals surface area contributed by atoms with Crippen LogP contribution in [0, 0.1) is 5.92 Å². The quantitative estimate of drug-likeness (QED) is 0.821. The third kappa shape index (κ3) is 3.93. The first-order valence-electron chi connectivity index (χ1n) is 5.63. The Labute approximate surface area is 108 Å². The van der Waals surface area contributed by atoms with Crippen LogP contribution >= 0.6 is 24.0 Å². The van der Waals surface area contributed by atoms with Gasteiger partial charge in [-0.15, -0.1) is 12.4 Å². The maximum Gasteiger partial charge on any atom is 0.129 e. The molecule has 1 heterocycles. The van der Waals surface area contributed by atoms with E-state index in [-0.39, 0.29) is 12.4 Å². The van der Waals surface area contributed by atoms with E-state index >= 15 is 0 Å². The molecule has 0 aliphatic heterocycles. The first-order valence-corrected chi connectivity index (χ1v) is 6.01. The molecular weight excluding hydrogens is 243 g/mol. The summed E-state index contributed by atoms with van der Waals surface area (Å²) in [5, 5.41) is 4.11. The normalized spacial score (nSPS) is 22.6. The van der Waals surface area contributed by atoms with Crippen LogP contribution in [0.1, 0.15) is 31.7 Å². The molecule has 1 saturated carbocycles. The Morgan fingerprint density at radius 2 is 2.31 bits per heavy atom. The summed E-state index contributed by atoms with van der Waals surface area (Å²) >= 11 is 5.72. The largest absolute Gasteiger partial charge is 0.310 e. The number of pyridine rings is 1. The summed E-state index contributed by atoms with van der Waals surface area (Å²) in [6.45, 7) is 3.16. The van der Waals surface area contributed by atoms with Gasteiger partial charge in [0.25, 0.3) is 0 Å². The zero-order valence-corrected chi connectivity index (χ0v) is 11.0. The average Bonchev–Trinajstić information content (AvgIpc) is 2.97. The highest BCUT2D eigenvalue weighted by molar-refractivity contribution is 6.29. The summed E-state index contributed by atoms with van der Waals surface area (Å²) in [5.41, 5.74) is 1.21. The van der Waals surface area contributed by atoms with Gasteiger partial charge in [-0.3, -0.25) is 0 Å². The Bertz CT molecular complexity index is 313. The first-order chi connectivity index (χ1) is 7.29. The van der Waals surface area contributed by atoms with E-state index in [0.29, 0.717) is 5.15 Å². The van der Waals surface area contributed by atoms with Gasteiger partial charge in [-0.1, -0.05) is 31.0 Å². The molecule has 2 unspecified atom stereocenters. The minimum Gasteiger partial charge on any atom is -0.310 e. The number of hydrogen-bond acceptors (Lipinski definition) is 2. The van der Waals surface area contributed by atoms with Crippen molar-refractivity contribution in [3.63, 3.8) is 0 Å². The number of nitrogens with zero attached hydrogens (tertiary/aromatic N) is 1. The fourth-order valence-corrected chi connectivity index (χ4v) is 2.06. The van der Waals surface area contributed by atoms with Gasteiger partial charge in [0, 0.05) is 18.8 Å². The van der Waals surface area contributed by atoms with Gasteiger partial charge in [-0.25, -0.2) is 4.98 Å². The average molecular weight is 261 g/mol. The second-order valence-corrected chi connectivity index (χ2v) is 4.65. The van der Waals surface area contributed by atoms with Gasteiger partial charge in [0.2, 0.25) is 0 Å². The first kappa shape index (κ1) is 13.8. The summed E-state index contributed by atoms with van der Waals surface area (Å²) in [6, 6.07) is 4.61. The molecule has 0 spiro atoms. The second kappa shape index (κ2) is 6.43. The van der Waals surface area contributed by atoms with Gasteiger partial charge in [0.05, 0.1) is 0 Å². The monoisotopic (exact) mass is 260 g/mol. The van der Waals surface area contributed by atoms with Crippen molar-refractivity contribution in [1.82, 2.24) is 10.3 Å². The Morgan fingerprint density at radius 3 is 2.94 bits per heavy atom. The van der Waals surface area contributed by atoms with Crippen molar-refractivity contribution in [3.05, 3.63) is 29.0 Å². The molecule has 0 radical (unpaired) electrons. The van der Waals surface area contributed by atoms with E-state index in [9.17, 15) is 0 Å². The molecule has 1 aromatic heterocycles. The fourth-order valence-electron chi connectivity index (χ4n) is 1.95. The number of hydrogen-bond donors (Lipinski definition) is 1. The fraction of sp³-hybridized carbons (Fsp3) is 0.583. The van der Waals surface area contributed by atoms with Crippen LogP contribution in [0.2, 0.25) is 5.15 Å². The van der Waals surface area contributed by atoms with Crippen LogP contribution < -0.4 is 5.32 Å². The Kier molecular flexibility index (Phi) is 5.53. The van der Waals surface area contributed by atoms with Crippen LogP contribution in [-0.2, 0) is 6.54 Å². The Balaban J connectivity index is 0.00000128. The van der Waals surface area contributed by atoms with Crippen LogP contribution in [0.15, 0.2) is 18.3 Å². The summed E-state index contributed by atoms with van der Waals surface area (Å²) in [7, 11) is 0.